The Morgan fingerprint density at radius 3 is 2.75 bits per heavy atom. The van der Waals surface area contributed by atoms with Crippen LogP contribution in [0.15, 0.2) is 30.3 Å². The van der Waals surface area contributed by atoms with E-state index in [1.54, 1.807) is 0 Å². The van der Waals surface area contributed by atoms with E-state index >= 15 is 0 Å². The van der Waals surface area contributed by atoms with Crippen LogP contribution in [0.1, 0.15) is 43.3 Å². The second-order valence-corrected chi connectivity index (χ2v) is 6.59. The van der Waals surface area contributed by atoms with E-state index in [2.05, 4.69) is 42.6 Å². The van der Waals surface area contributed by atoms with Crippen molar-refractivity contribution < 1.29 is 0 Å². The molecule has 1 N–H and O–H groups in total. The highest BCUT2D eigenvalue weighted by molar-refractivity contribution is 7.15. The summed E-state index contributed by atoms with van der Waals surface area (Å²) in [7, 11) is 0. The molecule has 0 spiro atoms. The molecule has 2 nitrogen and oxygen atoms in total. The van der Waals surface area contributed by atoms with Crippen molar-refractivity contribution in [2.75, 3.05) is 0 Å². The van der Waals surface area contributed by atoms with Gasteiger partial charge in [-0.25, -0.2) is 4.98 Å². The lowest BCUT2D eigenvalue weighted by Crippen LogP contribution is -2.16. The number of benzene rings is 1. The summed E-state index contributed by atoms with van der Waals surface area (Å²) in [5.41, 5.74) is 2.54. The van der Waals surface area contributed by atoms with Crippen molar-refractivity contribution in [3.8, 4) is 10.4 Å². The zero-order valence-corrected chi connectivity index (χ0v) is 12.9. The Bertz CT molecular complexity index is 543. The number of hydrogen-bond acceptors (Lipinski definition) is 3. The van der Waals surface area contributed by atoms with Gasteiger partial charge >= 0.3 is 0 Å². The van der Waals surface area contributed by atoms with Crippen molar-refractivity contribution in [1.29, 1.82) is 0 Å². The summed E-state index contributed by atoms with van der Waals surface area (Å²) in [5.74, 6) is 0. The van der Waals surface area contributed by atoms with E-state index in [4.69, 9.17) is 4.98 Å². The number of rotatable bonds is 7. The monoisotopic (exact) mass is 286 g/mol. The largest absolute Gasteiger partial charge is 0.308 e. The standard InChI is InChI=1S/C17H22N2S/c1-2-3-9-16-19-15(12-18-14-10-11-14)17(20-16)13-7-5-4-6-8-13/h4-8,14,18H,2-3,9-12H2,1H3. The number of aromatic nitrogens is 1. The molecule has 1 fully saturated rings. The van der Waals surface area contributed by atoms with Gasteiger partial charge in [0.25, 0.3) is 0 Å². The molecule has 1 saturated carbocycles. The molecule has 20 heavy (non-hydrogen) atoms. The number of aryl methyl sites for hydroxylation is 1. The van der Waals surface area contributed by atoms with Crippen LogP contribution in [-0.2, 0) is 13.0 Å². The number of nitrogens with zero attached hydrogens (tertiary/aromatic N) is 1. The molecule has 0 radical (unpaired) electrons. The second kappa shape index (κ2) is 6.51. The third kappa shape index (κ3) is 3.47. The summed E-state index contributed by atoms with van der Waals surface area (Å²) in [5, 5.41) is 4.89. The second-order valence-electron chi connectivity index (χ2n) is 5.51. The van der Waals surface area contributed by atoms with Crippen LogP contribution in [0.3, 0.4) is 0 Å². The van der Waals surface area contributed by atoms with Crippen molar-refractivity contribution >= 4 is 11.3 Å². The zero-order chi connectivity index (χ0) is 13.8. The van der Waals surface area contributed by atoms with Gasteiger partial charge in [0.05, 0.1) is 15.6 Å². The Morgan fingerprint density at radius 2 is 2.05 bits per heavy atom. The highest BCUT2D eigenvalue weighted by Gasteiger charge is 2.21. The molecule has 2 aromatic rings. The Kier molecular flexibility index (Phi) is 4.48. The quantitative estimate of drug-likeness (QED) is 0.815. The molecule has 1 aromatic heterocycles. The topological polar surface area (TPSA) is 24.9 Å². The molecular formula is C17H22N2S. The first-order valence-corrected chi connectivity index (χ1v) is 8.46. The average Bonchev–Trinajstić information content (AvgIpc) is 3.23. The maximum atomic E-state index is 4.88. The summed E-state index contributed by atoms with van der Waals surface area (Å²) >= 11 is 1.87. The minimum Gasteiger partial charge on any atom is -0.308 e. The molecule has 1 aliphatic carbocycles. The third-order valence-corrected chi connectivity index (χ3v) is 4.86. The van der Waals surface area contributed by atoms with Crippen LogP contribution in [0.5, 0.6) is 0 Å². The fraction of sp³-hybridized carbons (Fsp3) is 0.471. The fourth-order valence-electron chi connectivity index (χ4n) is 2.30. The van der Waals surface area contributed by atoms with Crippen LogP contribution in [-0.4, -0.2) is 11.0 Å². The van der Waals surface area contributed by atoms with Crippen molar-refractivity contribution in [2.45, 2.75) is 51.6 Å². The first-order chi connectivity index (χ1) is 9.86. The van der Waals surface area contributed by atoms with Gasteiger partial charge < -0.3 is 5.32 Å². The molecule has 3 rings (SSSR count). The Hall–Kier alpha value is -1.19. The molecule has 1 aromatic carbocycles. The molecule has 1 heterocycles. The van der Waals surface area contributed by atoms with Gasteiger partial charge in [0, 0.05) is 12.6 Å². The van der Waals surface area contributed by atoms with E-state index in [0.29, 0.717) is 0 Å². The number of thiazole rings is 1. The molecule has 0 unspecified atom stereocenters. The number of nitrogens with one attached hydrogen (secondary N) is 1. The summed E-state index contributed by atoms with van der Waals surface area (Å²) in [4.78, 5) is 6.23. The predicted octanol–water partition coefficient (Wildman–Crippen LogP) is 4.40. The van der Waals surface area contributed by atoms with Crippen LogP contribution in [0.2, 0.25) is 0 Å². The van der Waals surface area contributed by atoms with Crippen LogP contribution >= 0.6 is 11.3 Å². The van der Waals surface area contributed by atoms with Crippen LogP contribution in [0.4, 0.5) is 0 Å². The van der Waals surface area contributed by atoms with Gasteiger partial charge in [-0.05, 0) is 31.2 Å². The zero-order valence-electron chi connectivity index (χ0n) is 12.1. The van der Waals surface area contributed by atoms with Crippen LogP contribution in [0, 0.1) is 0 Å². The van der Waals surface area contributed by atoms with Gasteiger partial charge in [0.2, 0.25) is 0 Å². The van der Waals surface area contributed by atoms with Crippen molar-refractivity contribution in [1.82, 2.24) is 10.3 Å². The predicted molar refractivity (Wildman–Crippen MR) is 86.0 cm³/mol. The first kappa shape index (κ1) is 13.8. The van der Waals surface area contributed by atoms with E-state index < -0.39 is 0 Å². The molecule has 0 atom stereocenters. The van der Waals surface area contributed by atoms with Gasteiger partial charge in [0.1, 0.15) is 0 Å². The molecule has 0 aliphatic heterocycles. The fourth-order valence-corrected chi connectivity index (χ4v) is 3.43. The lowest BCUT2D eigenvalue weighted by molar-refractivity contribution is 0.674. The minimum atomic E-state index is 0.736. The van der Waals surface area contributed by atoms with Gasteiger partial charge in [-0.3, -0.25) is 0 Å². The van der Waals surface area contributed by atoms with E-state index in [-0.39, 0.29) is 0 Å². The summed E-state index contributed by atoms with van der Waals surface area (Å²) in [6, 6.07) is 11.4. The SMILES string of the molecule is CCCCc1nc(CNC2CC2)c(-c2ccccc2)s1. The van der Waals surface area contributed by atoms with Crippen molar-refractivity contribution in [3.63, 3.8) is 0 Å². The number of unbranched alkanes of at least 4 members (excludes halogenated alkanes) is 1. The van der Waals surface area contributed by atoms with Crippen LogP contribution < -0.4 is 5.32 Å². The molecule has 1 aliphatic rings. The maximum absolute atomic E-state index is 4.88. The molecule has 0 amide bonds. The van der Waals surface area contributed by atoms with E-state index in [0.717, 1.165) is 19.0 Å². The van der Waals surface area contributed by atoms with Crippen molar-refractivity contribution in [3.05, 3.63) is 41.0 Å². The lowest BCUT2D eigenvalue weighted by Gasteiger charge is -2.03. The molecule has 0 saturated heterocycles. The Balaban J connectivity index is 1.82. The average molecular weight is 286 g/mol. The van der Waals surface area contributed by atoms with Crippen LogP contribution in [0.25, 0.3) is 10.4 Å². The third-order valence-electron chi connectivity index (χ3n) is 3.66. The van der Waals surface area contributed by atoms with Gasteiger partial charge in [0.15, 0.2) is 0 Å². The molecule has 106 valence electrons. The van der Waals surface area contributed by atoms with Gasteiger partial charge in [-0.2, -0.15) is 0 Å². The van der Waals surface area contributed by atoms with E-state index in [1.165, 1.54) is 46.8 Å². The highest BCUT2D eigenvalue weighted by atomic mass is 32.1. The normalized spacial score (nSPS) is 14.7. The maximum Gasteiger partial charge on any atom is 0.0935 e. The summed E-state index contributed by atoms with van der Waals surface area (Å²) in [6.45, 7) is 3.15. The number of hydrogen-bond donors (Lipinski definition) is 1. The Labute approximate surface area is 125 Å². The summed E-state index contributed by atoms with van der Waals surface area (Å²) < 4.78 is 0. The first-order valence-electron chi connectivity index (χ1n) is 7.64. The van der Waals surface area contributed by atoms with Gasteiger partial charge in [-0.1, -0.05) is 43.7 Å². The molecule has 0 bridgehead atoms. The molecule has 3 heteroatoms. The lowest BCUT2D eigenvalue weighted by atomic mass is 10.1. The van der Waals surface area contributed by atoms with Crippen molar-refractivity contribution in [2.24, 2.45) is 0 Å². The Morgan fingerprint density at radius 1 is 1.25 bits per heavy atom. The highest BCUT2D eigenvalue weighted by Crippen LogP contribution is 2.31. The van der Waals surface area contributed by atoms with E-state index in [1.807, 2.05) is 11.3 Å². The smallest absolute Gasteiger partial charge is 0.0935 e. The van der Waals surface area contributed by atoms with E-state index in [9.17, 15) is 0 Å². The molecular weight excluding hydrogens is 264 g/mol. The summed E-state index contributed by atoms with van der Waals surface area (Å²) in [6.07, 6.45) is 6.23. The minimum absolute atomic E-state index is 0.736. The van der Waals surface area contributed by atoms with Gasteiger partial charge in [-0.15, -0.1) is 11.3 Å².